The summed E-state index contributed by atoms with van der Waals surface area (Å²) < 4.78 is 0. The third kappa shape index (κ3) is 1.27. The first-order valence-electron chi connectivity index (χ1n) is 4.74. The second kappa shape index (κ2) is 2.71. The van der Waals surface area contributed by atoms with Crippen molar-refractivity contribution < 1.29 is 0 Å². The van der Waals surface area contributed by atoms with E-state index in [0.29, 0.717) is 5.41 Å². The molecule has 12 heavy (non-hydrogen) atoms. The molecule has 2 nitrogen and oxygen atoms in total. The molecule has 0 aromatic rings. The van der Waals surface area contributed by atoms with Crippen LogP contribution in [0.5, 0.6) is 0 Å². The molecule has 1 aliphatic heterocycles. The van der Waals surface area contributed by atoms with E-state index in [4.69, 9.17) is 0 Å². The Morgan fingerprint density at radius 1 is 1.00 bits per heavy atom. The predicted octanol–water partition coefficient (Wildman–Crippen LogP) is 1.97. The summed E-state index contributed by atoms with van der Waals surface area (Å²) >= 11 is 0. The van der Waals surface area contributed by atoms with Crippen molar-refractivity contribution >= 4 is 0 Å². The highest BCUT2D eigenvalue weighted by Crippen LogP contribution is 2.41. The molecule has 1 rings (SSSR count). The molecule has 0 spiro atoms. The number of hydrazine groups is 1. The van der Waals surface area contributed by atoms with E-state index < -0.39 is 0 Å². The van der Waals surface area contributed by atoms with Crippen molar-refractivity contribution in [2.75, 3.05) is 20.6 Å². The van der Waals surface area contributed by atoms with Crippen LogP contribution in [0, 0.1) is 5.41 Å². The molecule has 0 atom stereocenters. The topological polar surface area (TPSA) is 6.48 Å². The Hall–Kier alpha value is -0.0800. The predicted molar refractivity (Wildman–Crippen MR) is 52.9 cm³/mol. The van der Waals surface area contributed by atoms with Gasteiger partial charge in [-0.1, -0.05) is 13.8 Å². The molecule has 0 amide bonds. The lowest BCUT2D eigenvalue weighted by molar-refractivity contribution is -0.151. The van der Waals surface area contributed by atoms with E-state index in [9.17, 15) is 0 Å². The third-order valence-corrected chi connectivity index (χ3v) is 4.04. The lowest BCUT2D eigenvalue weighted by Crippen LogP contribution is -2.62. The van der Waals surface area contributed by atoms with E-state index in [1.807, 2.05) is 0 Å². The molecular formula is C10H22N2. The maximum atomic E-state index is 2.36. The molecule has 72 valence electrons. The molecule has 1 heterocycles. The molecule has 0 aromatic heterocycles. The van der Waals surface area contributed by atoms with Crippen LogP contribution in [-0.4, -0.2) is 36.2 Å². The zero-order valence-electron chi connectivity index (χ0n) is 9.31. The van der Waals surface area contributed by atoms with Crippen LogP contribution in [0.4, 0.5) is 0 Å². The van der Waals surface area contributed by atoms with Gasteiger partial charge in [0.15, 0.2) is 0 Å². The monoisotopic (exact) mass is 170 g/mol. The molecule has 0 saturated carbocycles. The van der Waals surface area contributed by atoms with Gasteiger partial charge in [0, 0.05) is 26.2 Å². The van der Waals surface area contributed by atoms with Crippen LogP contribution in [0.2, 0.25) is 0 Å². The quantitative estimate of drug-likeness (QED) is 0.548. The zero-order chi connectivity index (χ0) is 9.57. The van der Waals surface area contributed by atoms with Crippen molar-refractivity contribution in [1.29, 1.82) is 0 Å². The first kappa shape index (κ1) is 10.0. The molecule has 1 aliphatic rings. The van der Waals surface area contributed by atoms with Gasteiger partial charge in [0.1, 0.15) is 0 Å². The maximum Gasteiger partial charge on any atom is 0.0348 e. The van der Waals surface area contributed by atoms with Gasteiger partial charge in [0.05, 0.1) is 0 Å². The first-order chi connectivity index (χ1) is 5.29. The standard InChI is InChI=1S/C10H22N2/c1-9(2)7-8-11(5)12(6)10(9,3)4/h7-8H2,1-6H3. The zero-order valence-corrected chi connectivity index (χ0v) is 9.31. The van der Waals surface area contributed by atoms with Crippen LogP contribution in [0.1, 0.15) is 34.1 Å². The smallest absolute Gasteiger partial charge is 0.0348 e. The number of hydrogen-bond acceptors (Lipinski definition) is 2. The molecule has 2 heteroatoms. The highest BCUT2D eigenvalue weighted by molar-refractivity contribution is 4.96. The second-order valence-electron chi connectivity index (χ2n) is 5.10. The van der Waals surface area contributed by atoms with Gasteiger partial charge in [-0.2, -0.15) is 0 Å². The Labute approximate surface area is 76.5 Å². The first-order valence-corrected chi connectivity index (χ1v) is 4.74. The highest BCUT2D eigenvalue weighted by Gasteiger charge is 2.44. The Kier molecular flexibility index (Phi) is 2.26. The van der Waals surface area contributed by atoms with Crippen molar-refractivity contribution in [2.45, 2.75) is 39.7 Å². The summed E-state index contributed by atoms with van der Waals surface area (Å²) in [5.41, 5.74) is 0.675. The fourth-order valence-corrected chi connectivity index (χ4v) is 1.76. The van der Waals surface area contributed by atoms with Crippen LogP contribution in [-0.2, 0) is 0 Å². The highest BCUT2D eigenvalue weighted by atomic mass is 15.6. The third-order valence-electron chi connectivity index (χ3n) is 4.04. The van der Waals surface area contributed by atoms with Gasteiger partial charge < -0.3 is 0 Å². The van der Waals surface area contributed by atoms with E-state index in [0.717, 1.165) is 0 Å². The lowest BCUT2D eigenvalue weighted by Gasteiger charge is -2.55. The van der Waals surface area contributed by atoms with Crippen molar-refractivity contribution in [1.82, 2.24) is 10.0 Å². The van der Waals surface area contributed by atoms with Crippen LogP contribution in [0.25, 0.3) is 0 Å². The van der Waals surface area contributed by atoms with Crippen LogP contribution in [0.15, 0.2) is 0 Å². The normalized spacial score (nSPS) is 30.5. The van der Waals surface area contributed by atoms with Crippen LogP contribution < -0.4 is 0 Å². The fourth-order valence-electron chi connectivity index (χ4n) is 1.76. The summed E-state index contributed by atoms with van der Waals surface area (Å²) in [6.45, 7) is 10.5. The van der Waals surface area contributed by atoms with Crippen molar-refractivity contribution in [3.05, 3.63) is 0 Å². The molecule has 1 fully saturated rings. The number of rotatable bonds is 0. The Balaban J connectivity index is 2.88. The fraction of sp³-hybridized carbons (Fsp3) is 1.00. The van der Waals surface area contributed by atoms with Crippen molar-refractivity contribution in [3.8, 4) is 0 Å². The summed E-state index contributed by atoms with van der Waals surface area (Å²) in [5.74, 6) is 0. The SMILES string of the molecule is CN1CCC(C)(C)C(C)(C)N1C. The Morgan fingerprint density at radius 2 is 1.50 bits per heavy atom. The van der Waals surface area contributed by atoms with Crippen LogP contribution >= 0.6 is 0 Å². The number of hydrogen-bond donors (Lipinski definition) is 0. The molecule has 1 saturated heterocycles. The molecule has 0 unspecified atom stereocenters. The largest absolute Gasteiger partial charge is 0.245 e. The van der Waals surface area contributed by atoms with E-state index >= 15 is 0 Å². The van der Waals surface area contributed by atoms with Gasteiger partial charge in [-0.15, -0.1) is 0 Å². The Bertz CT molecular complexity index is 173. The summed E-state index contributed by atoms with van der Waals surface area (Å²) in [6, 6.07) is 0. The van der Waals surface area contributed by atoms with Gasteiger partial charge in [-0.25, -0.2) is 10.0 Å². The lowest BCUT2D eigenvalue weighted by atomic mass is 9.70. The van der Waals surface area contributed by atoms with Gasteiger partial charge in [-0.3, -0.25) is 0 Å². The average molecular weight is 170 g/mol. The minimum absolute atomic E-state index is 0.264. The van der Waals surface area contributed by atoms with Crippen molar-refractivity contribution in [3.63, 3.8) is 0 Å². The minimum Gasteiger partial charge on any atom is -0.245 e. The van der Waals surface area contributed by atoms with E-state index in [2.05, 4.69) is 51.8 Å². The van der Waals surface area contributed by atoms with E-state index in [1.165, 1.54) is 13.0 Å². The van der Waals surface area contributed by atoms with Gasteiger partial charge >= 0.3 is 0 Å². The van der Waals surface area contributed by atoms with Gasteiger partial charge in [-0.05, 0) is 25.7 Å². The molecule has 0 N–H and O–H groups in total. The number of nitrogens with zero attached hydrogens (tertiary/aromatic N) is 2. The summed E-state index contributed by atoms with van der Waals surface area (Å²) in [4.78, 5) is 0. The minimum atomic E-state index is 0.264. The molecular weight excluding hydrogens is 148 g/mol. The van der Waals surface area contributed by atoms with E-state index in [-0.39, 0.29) is 5.54 Å². The molecule has 0 radical (unpaired) electrons. The molecule has 0 aliphatic carbocycles. The maximum absolute atomic E-state index is 2.36. The second-order valence-corrected chi connectivity index (χ2v) is 5.10. The average Bonchev–Trinajstić information content (AvgIpc) is 1.96. The van der Waals surface area contributed by atoms with Crippen LogP contribution in [0.3, 0.4) is 0 Å². The summed E-state index contributed by atoms with van der Waals surface area (Å²) in [6.07, 6.45) is 1.28. The van der Waals surface area contributed by atoms with Crippen molar-refractivity contribution in [2.24, 2.45) is 5.41 Å². The molecule has 0 bridgehead atoms. The van der Waals surface area contributed by atoms with Gasteiger partial charge in [0.25, 0.3) is 0 Å². The summed E-state index contributed by atoms with van der Waals surface area (Å²) in [5, 5.41) is 4.67. The summed E-state index contributed by atoms with van der Waals surface area (Å²) in [7, 11) is 4.35. The van der Waals surface area contributed by atoms with Gasteiger partial charge in [0.2, 0.25) is 0 Å². The Morgan fingerprint density at radius 3 is 1.92 bits per heavy atom. The van der Waals surface area contributed by atoms with E-state index in [1.54, 1.807) is 0 Å². The molecule has 0 aromatic carbocycles.